The normalized spacial score (nSPS) is 12.6. The Morgan fingerprint density at radius 1 is 1.55 bits per heavy atom. The number of rotatable bonds is 5. The van der Waals surface area contributed by atoms with Gasteiger partial charge in [0.2, 0.25) is 0 Å². The van der Waals surface area contributed by atoms with Crippen LogP contribution in [0.5, 0.6) is 0 Å². The first-order chi connectivity index (χ1) is 9.29. The number of hydrogen-bond donors (Lipinski definition) is 2. The van der Waals surface area contributed by atoms with Crippen molar-refractivity contribution in [1.82, 2.24) is 0 Å². The average Bonchev–Trinajstić information content (AvgIpc) is 2.37. The van der Waals surface area contributed by atoms with Crippen molar-refractivity contribution in [1.29, 1.82) is 5.26 Å². The van der Waals surface area contributed by atoms with Crippen LogP contribution in [0.3, 0.4) is 0 Å². The Bertz CT molecular complexity index is 538. The number of nitrogens with zero attached hydrogens (tertiary/aromatic N) is 1. The lowest BCUT2D eigenvalue weighted by atomic mass is 10.1. The number of carboxylic acids is 1. The van der Waals surface area contributed by atoms with Gasteiger partial charge in [0.05, 0.1) is 23.4 Å². The molecule has 1 aromatic carbocycles. The lowest BCUT2D eigenvalue weighted by Gasteiger charge is -2.14. The third-order valence-corrected chi connectivity index (χ3v) is 2.51. The van der Waals surface area contributed by atoms with Crippen LogP contribution >= 0.6 is 0 Å². The number of nitriles is 1. The largest absolute Gasteiger partial charge is 0.479 e. The zero-order valence-corrected chi connectivity index (χ0v) is 10.4. The number of carbonyl (C=O) groups is 1. The van der Waals surface area contributed by atoms with Crippen molar-refractivity contribution in [2.45, 2.75) is 12.3 Å². The lowest BCUT2D eigenvalue weighted by Crippen LogP contribution is -2.30. The Labute approximate surface area is 112 Å². The molecule has 108 valence electrons. The minimum Gasteiger partial charge on any atom is -0.479 e. The number of benzene rings is 1. The van der Waals surface area contributed by atoms with Crippen LogP contribution in [-0.2, 0) is 15.7 Å². The summed E-state index contributed by atoms with van der Waals surface area (Å²) in [6.07, 6.45) is -5.70. The van der Waals surface area contributed by atoms with Crippen molar-refractivity contribution in [3.63, 3.8) is 0 Å². The van der Waals surface area contributed by atoms with E-state index in [1.54, 1.807) is 6.07 Å². The first kappa shape index (κ1) is 15.8. The summed E-state index contributed by atoms with van der Waals surface area (Å²) in [6, 6.07) is 4.22. The number of halogens is 3. The SMILES string of the molecule is COC(CNc1ccc(C(F)(F)F)cc1C#N)C(=O)O. The van der Waals surface area contributed by atoms with E-state index >= 15 is 0 Å². The minimum absolute atomic E-state index is 0.115. The van der Waals surface area contributed by atoms with Gasteiger partial charge in [-0.15, -0.1) is 0 Å². The number of nitrogens with one attached hydrogen (secondary N) is 1. The van der Waals surface area contributed by atoms with Crippen molar-refractivity contribution in [2.24, 2.45) is 0 Å². The molecule has 0 aliphatic heterocycles. The predicted molar refractivity (Wildman–Crippen MR) is 63.1 cm³/mol. The molecule has 0 spiro atoms. The van der Waals surface area contributed by atoms with Crippen LogP contribution in [0.25, 0.3) is 0 Å². The van der Waals surface area contributed by atoms with Gasteiger partial charge in [0.25, 0.3) is 0 Å². The van der Waals surface area contributed by atoms with Gasteiger partial charge in [-0.25, -0.2) is 4.79 Å². The van der Waals surface area contributed by atoms with Gasteiger partial charge in [0.15, 0.2) is 6.10 Å². The van der Waals surface area contributed by atoms with Crippen LogP contribution < -0.4 is 5.32 Å². The second-order valence-corrected chi connectivity index (χ2v) is 3.81. The lowest BCUT2D eigenvalue weighted by molar-refractivity contribution is -0.147. The van der Waals surface area contributed by atoms with E-state index in [9.17, 15) is 18.0 Å². The number of methoxy groups -OCH3 is 1. The predicted octanol–water partition coefficient (Wildman–Crippen LogP) is 2.09. The van der Waals surface area contributed by atoms with E-state index in [2.05, 4.69) is 10.1 Å². The van der Waals surface area contributed by atoms with Gasteiger partial charge in [0, 0.05) is 7.11 Å². The maximum absolute atomic E-state index is 12.5. The maximum atomic E-state index is 12.5. The summed E-state index contributed by atoms with van der Waals surface area (Å²) in [5.74, 6) is -1.22. The third kappa shape index (κ3) is 3.86. The molecule has 1 aromatic rings. The second kappa shape index (κ2) is 6.25. The van der Waals surface area contributed by atoms with E-state index in [1.165, 1.54) is 7.11 Å². The standard InChI is InChI=1S/C12H11F3N2O3/c1-20-10(11(18)19)6-17-9-3-2-8(12(13,14)15)4-7(9)5-16/h2-4,10,17H,6H2,1H3,(H,18,19). The zero-order valence-electron chi connectivity index (χ0n) is 10.4. The summed E-state index contributed by atoms with van der Waals surface area (Å²) >= 11 is 0. The monoisotopic (exact) mass is 288 g/mol. The van der Waals surface area contributed by atoms with E-state index in [0.29, 0.717) is 6.07 Å². The van der Waals surface area contributed by atoms with Crippen LogP contribution in [0.4, 0.5) is 18.9 Å². The Morgan fingerprint density at radius 3 is 2.65 bits per heavy atom. The summed E-state index contributed by atoms with van der Waals surface area (Å²) < 4.78 is 42.1. The second-order valence-electron chi connectivity index (χ2n) is 3.81. The van der Waals surface area contributed by atoms with Crippen LogP contribution in [0.1, 0.15) is 11.1 Å². The number of anilines is 1. The Kier molecular flexibility index (Phi) is 4.94. The van der Waals surface area contributed by atoms with Gasteiger partial charge in [-0.1, -0.05) is 0 Å². The van der Waals surface area contributed by atoms with E-state index in [-0.39, 0.29) is 17.8 Å². The molecule has 0 saturated carbocycles. The highest BCUT2D eigenvalue weighted by atomic mass is 19.4. The molecule has 0 bridgehead atoms. The smallest absolute Gasteiger partial charge is 0.416 e. The Morgan fingerprint density at radius 2 is 2.20 bits per heavy atom. The van der Waals surface area contributed by atoms with Crippen molar-refractivity contribution >= 4 is 11.7 Å². The third-order valence-electron chi connectivity index (χ3n) is 2.51. The highest BCUT2D eigenvalue weighted by Crippen LogP contribution is 2.31. The van der Waals surface area contributed by atoms with Crippen molar-refractivity contribution in [3.05, 3.63) is 29.3 Å². The van der Waals surface area contributed by atoms with Gasteiger partial charge in [-0.05, 0) is 18.2 Å². The van der Waals surface area contributed by atoms with Crippen LogP contribution in [0.15, 0.2) is 18.2 Å². The van der Waals surface area contributed by atoms with E-state index in [0.717, 1.165) is 12.1 Å². The summed E-state index contributed by atoms with van der Waals surface area (Å²) in [4.78, 5) is 10.7. The summed E-state index contributed by atoms with van der Waals surface area (Å²) in [5.41, 5.74) is -1.05. The Hall–Kier alpha value is -2.27. The van der Waals surface area contributed by atoms with Crippen LogP contribution in [-0.4, -0.2) is 30.8 Å². The molecule has 2 N–H and O–H groups in total. The van der Waals surface area contributed by atoms with Crippen LogP contribution in [0, 0.1) is 11.3 Å². The topological polar surface area (TPSA) is 82.3 Å². The highest BCUT2D eigenvalue weighted by molar-refractivity contribution is 5.73. The molecule has 0 radical (unpaired) electrons. The first-order valence-corrected chi connectivity index (χ1v) is 5.40. The number of carboxylic acid groups (broad SMARTS) is 1. The Balaban J connectivity index is 2.92. The summed E-state index contributed by atoms with van der Waals surface area (Å²) in [5, 5.41) is 20.2. The van der Waals surface area contributed by atoms with Gasteiger partial charge in [0.1, 0.15) is 6.07 Å². The maximum Gasteiger partial charge on any atom is 0.416 e. The van der Waals surface area contributed by atoms with Gasteiger partial charge in [-0.2, -0.15) is 18.4 Å². The number of alkyl halides is 3. The molecule has 1 rings (SSSR count). The van der Waals surface area contributed by atoms with Crippen LogP contribution in [0.2, 0.25) is 0 Å². The fourth-order valence-electron chi connectivity index (χ4n) is 1.44. The van der Waals surface area contributed by atoms with Gasteiger partial charge >= 0.3 is 12.1 Å². The number of aliphatic carboxylic acids is 1. The van der Waals surface area contributed by atoms with Crippen molar-refractivity contribution in [3.8, 4) is 6.07 Å². The van der Waals surface area contributed by atoms with E-state index < -0.39 is 23.8 Å². The molecule has 8 heteroatoms. The number of ether oxygens (including phenoxy) is 1. The molecule has 0 aliphatic carbocycles. The molecule has 5 nitrogen and oxygen atoms in total. The molecule has 0 heterocycles. The fourth-order valence-corrected chi connectivity index (χ4v) is 1.44. The molecule has 20 heavy (non-hydrogen) atoms. The minimum atomic E-state index is -4.54. The summed E-state index contributed by atoms with van der Waals surface area (Å²) in [7, 11) is 1.19. The molecule has 0 aliphatic rings. The summed E-state index contributed by atoms with van der Waals surface area (Å²) in [6.45, 7) is -0.175. The molecular weight excluding hydrogens is 277 g/mol. The van der Waals surface area contributed by atoms with Gasteiger partial charge in [-0.3, -0.25) is 0 Å². The average molecular weight is 288 g/mol. The molecule has 0 fully saturated rings. The molecule has 0 saturated heterocycles. The van der Waals surface area contributed by atoms with Crippen molar-refractivity contribution in [2.75, 3.05) is 19.0 Å². The zero-order chi connectivity index (χ0) is 15.3. The van der Waals surface area contributed by atoms with E-state index in [4.69, 9.17) is 10.4 Å². The molecular formula is C12H11F3N2O3. The fraction of sp³-hybridized carbons (Fsp3) is 0.333. The molecule has 1 atom stereocenters. The quantitative estimate of drug-likeness (QED) is 0.867. The highest BCUT2D eigenvalue weighted by Gasteiger charge is 2.31. The first-order valence-electron chi connectivity index (χ1n) is 5.40. The van der Waals surface area contributed by atoms with E-state index in [1.807, 2.05) is 0 Å². The number of hydrogen-bond acceptors (Lipinski definition) is 4. The van der Waals surface area contributed by atoms with Gasteiger partial charge < -0.3 is 15.2 Å². The van der Waals surface area contributed by atoms with Crippen molar-refractivity contribution < 1.29 is 27.8 Å². The molecule has 1 unspecified atom stereocenters. The molecule has 0 amide bonds. The molecule has 0 aromatic heterocycles.